The third kappa shape index (κ3) is 5.26. The zero-order chi connectivity index (χ0) is 19.1. The normalized spacial score (nSPS) is 12.9. The molecule has 0 saturated carbocycles. The van der Waals surface area contributed by atoms with Crippen LogP contribution >= 0.6 is 11.8 Å². The Morgan fingerprint density at radius 2 is 1.85 bits per heavy atom. The molecule has 0 bridgehead atoms. The Hall–Kier alpha value is -2.47. The van der Waals surface area contributed by atoms with E-state index in [2.05, 4.69) is 59.4 Å². The topological polar surface area (TPSA) is 54.2 Å². The van der Waals surface area contributed by atoms with Gasteiger partial charge in [-0.05, 0) is 31.2 Å². The van der Waals surface area contributed by atoms with Gasteiger partial charge in [0.15, 0.2) is 5.96 Å². The molecule has 0 aliphatic heterocycles. The second-order valence-electron chi connectivity index (χ2n) is 6.39. The van der Waals surface area contributed by atoms with Crippen molar-refractivity contribution in [2.45, 2.75) is 30.5 Å². The van der Waals surface area contributed by atoms with Crippen LogP contribution in [0.15, 0.2) is 64.5 Å². The molecule has 2 N–H and O–H groups in total. The summed E-state index contributed by atoms with van der Waals surface area (Å²) in [7, 11) is 2.04. The lowest BCUT2D eigenvalue weighted by Crippen LogP contribution is -2.40. The quantitative estimate of drug-likeness (QED) is 0.371. The van der Waals surface area contributed by atoms with Crippen LogP contribution in [0.25, 0.3) is 11.0 Å². The Labute approximate surface area is 165 Å². The summed E-state index contributed by atoms with van der Waals surface area (Å²) < 4.78 is 2.11. The molecule has 1 aromatic heterocycles. The summed E-state index contributed by atoms with van der Waals surface area (Å²) in [5.74, 6) is 1.78. The van der Waals surface area contributed by atoms with Crippen molar-refractivity contribution in [2.24, 2.45) is 12.0 Å². The fraction of sp³-hybridized carbons (Fsp3) is 0.333. The predicted molar refractivity (Wildman–Crippen MR) is 115 cm³/mol. The van der Waals surface area contributed by atoms with Gasteiger partial charge in [-0.3, -0.25) is 0 Å². The molecule has 0 fully saturated rings. The van der Waals surface area contributed by atoms with Gasteiger partial charge in [0, 0.05) is 30.3 Å². The second-order valence-corrected chi connectivity index (χ2v) is 7.91. The van der Waals surface area contributed by atoms with Crippen LogP contribution in [0.2, 0.25) is 0 Å². The molecule has 0 spiro atoms. The highest BCUT2D eigenvalue weighted by Gasteiger charge is 2.08. The Bertz CT molecular complexity index is 888. The van der Waals surface area contributed by atoms with Crippen molar-refractivity contribution in [1.29, 1.82) is 0 Å². The van der Waals surface area contributed by atoms with Crippen LogP contribution in [0.1, 0.15) is 19.7 Å². The summed E-state index contributed by atoms with van der Waals surface area (Å²) in [6.45, 7) is 6.51. The van der Waals surface area contributed by atoms with E-state index in [-0.39, 0.29) is 0 Å². The number of aryl methyl sites for hydroxylation is 1. The number of imidazole rings is 1. The van der Waals surface area contributed by atoms with Crippen molar-refractivity contribution >= 4 is 28.8 Å². The minimum Gasteiger partial charge on any atom is -0.357 e. The van der Waals surface area contributed by atoms with Crippen LogP contribution in [0.4, 0.5) is 0 Å². The van der Waals surface area contributed by atoms with Gasteiger partial charge in [-0.2, -0.15) is 0 Å². The van der Waals surface area contributed by atoms with Crippen molar-refractivity contribution < 1.29 is 0 Å². The minimum atomic E-state index is 0.437. The van der Waals surface area contributed by atoms with Crippen molar-refractivity contribution in [3.05, 3.63) is 60.4 Å². The third-order valence-corrected chi connectivity index (χ3v) is 5.35. The molecular weight excluding hydrogens is 354 g/mol. The minimum absolute atomic E-state index is 0.437. The first-order chi connectivity index (χ1) is 13.2. The average molecular weight is 382 g/mol. The Kier molecular flexibility index (Phi) is 6.76. The lowest BCUT2D eigenvalue weighted by atomic mass is 10.3. The van der Waals surface area contributed by atoms with Crippen molar-refractivity contribution in [3.8, 4) is 0 Å². The number of thioether (sulfide) groups is 1. The fourth-order valence-corrected chi connectivity index (χ4v) is 3.79. The van der Waals surface area contributed by atoms with E-state index in [1.165, 1.54) is 4.90 Å². The molecular formula is C21H27N5S. The predicted octanol–water partition coefficient (Wildman–Crippen LogP) is 3.81. The Balaban J connectivity index is 1.61. The standard InChI is InChI=1S/C21H27N5S/c1-4-22-21(23-14-16(2)27-17-10-6-5-7-11-17)24-15-20-25-18-12-8-9-13-19(18)26(20)3/h5-13,16H,4,14-15H2,1-3H3,(H2,22,23,24). The molecule has 1 heterocycles. The molecule has 3 aromatic rings. The highest BCUT2D eigenvalue weighted by Crippen LogP contribution is 2.21. The molecule has 0 amide bonds. The van der Waals surface area contributed by atoms with Gasteiger partial charge in [0.05, 0.1) is 11.0 Å². The van der Waals surface area contributed by atoms with E-state index in [0.29, 0.717) is 11.8 Å². The molecule has 0 radical (unpaired) electrons. The molecule has 0 aliphatic rings. The summed E-state index contributed by atoms with van der Waals surface area (Å²) in [4.78, 5) is 10.7. The molecule has 1 unspecified atom stereocenters. The van der Waals surface area contributed by atoms with Crippen LogP contribution in [-0.4, -0.2) is 33.9 Å². The smallest absolute Gasteiger partial charge is 0.191 e. The van der Waals surface area contributed by atoms with Gasteiger partial charge >= 0.3 is 0 Å². The molecule has 5 nitrogen and oxygen atoms in total. The van der Waals surface area contributed by atoms with Gasteiger partial charge in [0.1, 0.15) is 12.4 Å². The number of aromatic nitrogens is 2. The molecule has 27 heavy (non-hydrogen) atoms. The Morgan fingerprint density at radius 3 is 2.59 bits per heavy atom. The van der Waals surface area contributed by atoms with Crippen LogP contribution in [0.3, 0.4) is 0 Å². The van der Waals surface area contributed by atoms with Crippen LogP contribution in [0, 0.1) is 0 Å². The van der Waals surface area contributed by atoms with E-state index >= 15 is 0 Å². The van der Waals surface area contributed by atoms with Gasteiger partial charge in [0.2, 0.25) is 0 Å². The molecule has 3 rings (SSSR count). The number of rotatable bonds is 7. The molecule has 0 saturated heterocycles. The van der Waals surface area contributed by atoms with Gasteiger partial charge in [-0.1, -0.05) is 37.3 Å². The van der Waals surface area contributed by atoms with Crippen LogP contribution in [-0.2, 0) is 13.6 Å². The highest BCUT2D eigenvalue weighted by atomic mass is 32.2. The first kappa shape index (κ1) is 19.3. The Morgan fingerprint density at radius 1 is 1.11 bits per heavy atom. The summed E-state index contributed by atoms with van der Waals surface area (Å²) in [6.07, 6.45) is 0. The lowest BCUT2D eigenvalue weighted by molar-refractivity contribution is 0.770. The zero-order valence-electron chi connectivity index (χ0n) is 16.1. The number of hydrogen-bond donors (Lipinski definition) is 2. The number of fused-ring (bicyclic) bond motifs is 1. The molecule has 1 atom stereocenters. The van der Waals surface area contributed by atoms with E-state index in [9.17, 15) is 0 Å². The molecule has 142 valence electrons. The third-order valence-electron chi connectivity index (χ3n) is 4.24. The van der Waals surface area contributed by atoms with Gasteiger partial charge in [-0.15, -0.1) is 11.8 Å². The average Bonchev–Trinajstić information content (AvgIpc) is 3.01. The van der Waals surface area contributed by atoms with Crippen molar-refractivity contribution in [1.82, 2.24) is 20.2 Å². The zero-order valence-corrected chi connectivity index (χ0v) is 17.0. The van der Waals surface area contributed by atoms with Crippen molar-refractivity contribution in [2.75, 3.05) is 13.1 Å². The maximum Gasteiger partial charge on any atom is 0.191 e. The molecule has 2 aromatic carbocycles. The first-order valence-corrected chi connectivity index (χ1v) is 10.2. The second kappa shape index (κ2) is 9.46. The van der Waals surface area contributed by atoms with Gasteiger partial charge < -0.3 is 15.2 Å². The maximum absolute atomic E-state index is 4.72. The lowest BCUT2D eigenvalue weighted by Gasteiger charge is -2.15. The summed E-state index contributed by atoms with van der Waals surface area (Å²) in [5.41, 5.74) is 2.14. The number of aliphatic imine (C=N–C) groups is 1. The number of nitrogens with one attached hydrogen (secondary N) is 2. The molecule has 0 aliphatic carbocycles. The van der Waals surface area contributed by atoms with E-state index in [1.54, 1.807) is 0 Å². The van der Waals surface area contributed by atoms with Gasteiger partial charge in [-0.25, -0.2) is 9.98 Å². The van der Waals surface area contributed by atoms with E-state index in [1.807, 2.05) is 43.1 Å². The number of nitrogens with zero attached hydrogens (tertiary/aromatic N) is 3. The van der Waals surface area contributed by atoms with E-state index in [4.69, 9.17) is 9.98 Å². The van der Waals surface area contributed by atoms with E-state index in [0.717, 1.165) is 35.9 Å². The largest absolute Gasteiger partial charge is 0.357 e. The maximum atomic E-state index is 4.72. The van der Waals surface area contributed by atoms with Crippen LogP contribution < -0.4 is 10.6 Å². The van der Waals surface area contributed by atoms with Crippen molar-refractivity contribution in [3.63, 3.8) is 0 Å². The monoisotopic (exact) mass is 381 g/mol. The fourth-order valence-electron chi connectivity index (χ4n) is 2.84. The molecule has 6 heteroatoms. The number of benzene rings is 2. The number of hydrogen-bond acceptors (Lipinski definition) is 3. The van der Waals surface area contributed by atoms with Gasteiger partial charge in [0.25, 0.3) is 0 Å². The van der Waals surface area contributed by atoms with Crippen LogP contribution in [0.5, 0.6) is 0 Å². The summed E-state index contributed by atoms with van der Waals surface area (Å²) in [5, 5.41) is 7.20. The number of guanidine groups is 1. The summed E-state index contributed by atoms with van der Waals surface area (Å²) in [6, 6.07) is 18.7. The van der Waals surface area contributed by atoms with E-state index < -0.39 is 0 Å². The first-order valence-electron chi connectivity index (χ1n) is 9.31. The summed E-state index contributed by atoms with van der Waals surface area (Å²) >= 11 is 1.86. The number of para-hydroxylation sites is 2. The SMILES string of the molecule is CCNC(=NCc1nc2ccccc2n1C)NCC(C)Sc1ccccc1. The highest BCUT2D eigenvalue weighted by molar-refractivity contribution is 8.00.